The summed E-state index contributed by atoms with van der Waals surface area (Å²) in [6.45, 7) is -0.298. The first-order valence-corrected chi connectivity index (χ1v) is 7.36. The van der Waals surface area contributed by atoms with Crippen molar-refractivity contribution in [2.45, 2.75) is 6.42 Å². The van der Waals surface area contributed by atoms with Crippen LogP contribution in [0.25, 0.3) is 0 Å². The molecule has 0 aliphatic carbocycles. The van der Waals surface area contributed by atoms with E-state index in [9.17, 15) is 14.4 Å². The number of furan rings is 1. The van der Waals surface area contributed by atoms with Crippen LogP contribution in [0.1, 0.15) is 27.3 Å². The van der Waals surface area contributed by atoms with Crippen molar-refractivity contribution in [2.75, 3.05) is 18.5 Å². The van der Waals surface area contributed by atoms with E-state index >= 15 is 0 Å². The van der Waals surface area contributed by atoms with Crippen molar-refractivity contribution in [3.05, 3.63) is 54.0 Å². The summed E-state index contributed by atoms with van der Waals surface area (Å²) in [5.41, 5.74) is 0.339. The molecule has 0 atom stereocenters. The molecule has 2 amide bonds. The summed E-state index contributed by atoms with van der Waals surface area (Å²) in [7, 11) is 0. The van der Waals surface area contributed by atoms with Crippen LogP contribution in [-0.4, -0.2) is 30.9 Å². The Morgan fingerprint density at radius 2 is 1.96 bits per heavy atom. The maximum absolute atomic E-state index is 12.1. The number of ether oxygens (including phenoxy) is 1. The molecule has 0 fully saturated rings. The normalized spacial score (nSPS) is 9.72. The molecule has 0 saturated carbocycles. The number of anilines is 1. The summed E-state index contributed by atoms with van der Waals surface area (Å²) < 4.78 is 9.91. The van der Waals surface area contributed by atoms with E-state index in [0.717, 1.165) is 0 Å². The summed E-state index contributed by atoms with van der Waals surface area (Å²) >= 11 is 0. The van der Waals surface area contributed by atoms with Crippen LogP contribution in [0.15, 0.2) is 47.1 Å². The number of rotatable bonds is 7. The molecule has 0 spiro atoms. The minimum Gasteiger partial charge on any atom is -0.459 e. The SMILES string of the molecule is N#CCCNC(=O)COC(=O)c1ccccc1NC(=O)c1ccco1. The van der Waals surface area contributed by atoms with Crippen LogP contribution in [-0.2, 0) is 9.53 Å². The van der Waals surface area contributed by atoms with Crippen LogP contribution < -0.4 is 10.6 Å². The lowest BCUT2D eigenvalue weighted by molar-refractivity contribution is -0.124. The van der Waals surface area contributed by atoms with Gasteiger partial charge in [-0.15, -0.1) is 0 Å². The third kappa shape index (κ3) is 5.21. The van der Waals surface area contributed by atoms with Gasteiger partial charge in [-0.1, -0.05) is 12.1 Å². The number of hydrogen-bond donors (Lipinski definition) is 2. The Morgan fingerprint density at radius 1 is 1.16 bits per heavy atom. The molecule has 8 nitrogen and oxygen atoms in total. The van der Waals surface area contributed by atoms with Crippen LogP contribution in [0.2, 0.25) is 0 Å². The van der Waals surface area contributed by atoms with Gasteiger partial charge in [-0.25, -0.2) is 4.79 Å². The molecule has 0 bridgehead atoms. The molecule has 8 heteroatoms. The van der Waals surface area contributed by atoms with Crippen LogP contribution in [0.4, 0.5) is 5.69 Å². The van der Waals surface area contributed by atoms with Crippen LogP contribution >= 0.6 is 0 Å². The summed E-state index contributed by atoms with van der Waals surface area (Å²) in [6, 6.07) is 11.2. The number of benzene rings is 1. The molecule has 1 aromatic carbocycles. The third-order valence-electron chi connectivity index (χ3n) is 3.03. The predicted octanol–water partition coefficient (Wildman–Crippen LogP) is 1.72. The van der Waals surface area contributed by atoms with Crippen molar-refractivity contribution in [3.8, 4) is 6.07 Å². The number of esters is 1. The quantitative estimate of drug-likeness (QED) is 0.584. The van der Waals surface area contributed by atoms with Crippen molar-refractivity contribution in [2.24, 2.45) is 0 Å². The number of nitrogens with one attached hydrogen (secondary N) is 2. The van der Waals surface area contributed by atoms with Gasteiger partial charge in [0, 0.05) is 6.54 Å². The first-order chi connectivity index (χ1) is 12.1. The lowest BCUT2D eigenvalue weighted by Gasteiger charge is -2.10. The standard InChI is InChI=1S/C17H15N3O5/c18-8-4-9-19-15(21)11-25-17(23)12-5-1-2-6-13(12)20-16(22)14-7-3-10-24-14/h1-3,5-7,10H,4,9,11H2,(H,19,21)(H,20,22). The van der Waals surface area contributed by atoms with E-state index in [2.05, 4.69) is 10.6 Å². The van der Waals surface area contributed by atoms with Gasteiger partial charge in [0.2, 0.25) is 0 Å². The van der Waals surface area contributed by atoms with Crippen molar-refractivity contribution in [1.29, 1.82) is 5.26 Å². The molecular formula is C17H15N3O5. The van der Waals surface area contributed by atoms with Gasteiger partial charge in [-0.2, -0.15) is 5.26 Å². The van der Waals surface area contributed by atoms with Crippen LogP contribution in [0.5, 0.6) is 0 Å². The Bertz CT molecular complexity index is 793. The van der Waals surface area contributed by atoms with E-state index in [1.54, 1.807) is 18.2 Å². The molecule has 2 N–H and O–H groups in total. The number of carbonyl (C=O) groups is 3. The first kappa shape index (κ1) is 17.7. The average molecular weight is 341 g/mol. The Labute approximate surface area is 143 Å². The third-order valence-corrected chi connectivity index (χ3v) is 3.03. The van der Waals surface area contributed by atoms with Gasteiger partial charge in [-0.05, 0) is 24.3 Å². The number of nitrogens with zero attached hydrogens (tertiary/aromatic N) is 1. The van der Waals surface area contributed by atoms with Gasteiger partial charge in [0.25, 0.3) is 11.8 Å². The zero-order valence-electron chi connectivity index (χ0n) is 13.2. The molecule has 0 aliphatic heterocycles. The molecular weight excluding hydrogens is 326 g/mol. The van der Waals surface area contributed by atoms with E-state index in [4.69, 9.17) is 14.4 Å². The van der Waals surface area contributed by atoms with Crippen molar-refractivity contribution >= 4 is 23.5 Å². The number of nitriles is 1. The molecule has 0 saturated heterocycles. The summed E-state index contributed by atoms with van der Waals surface area (Å²) in [5, 5.41) is 13.4. The van der Waals surface area contributed by atoms with E-state index in [1.165, 1.54) is 24.5 Å². The molecule has 128 valence electrons. The zero-order valence-corrected chi connectivity index (χ0v) is 13.2. The van der Waals surface area contributed by atoms with Crippen molar-refractivity contribution in [3.63, 3.8) is 0 Å². The summed E-state index contributed by atoms with van der Waals surface area (Å²) in [6.07, 6.45) is 1.53. The van der Waals surface area contributed by atoms with E-state index in [1.807, 2.05) is 6.07 Å². The predicted molar refractivity (Wildman–Crippen MR) is 86.6 cm³/mol. The number of carbonyl (C=O) groups excluding carboxylic acids is 3. The fourth-order valence-corrected chi connectivity index (χ4v) is 1.88. The fourth-order valence-electron chi connectivity index (χ4n) is 1.88. The van der Waals surface area contributed by atoms with Crippen molar-refractivity contribution in [1.82, 2.24) is 5.32 Å². The highest BCUT2D eigenvalue weighted by Gasteiger charge is 2.17. The molecule has 0 radical (unpaired) electrons. The van der Waals surface area contributed by atoms with Gasteiger partial charge in [0.15, 0.2) is 12.4 Å². The fraction of sp³-hybridized carbons (Fsp3) is 0.176. The molecule has 25 heavy (non-hydrogen) atoms. The molecule has 2 rings (SSSR count). The zero-order chi connectivity index (χ0) is 18.1. The second kappa shape index (κ2) is 8.88. The minimum atomic E-state index is -0.759. The van der Waals surface area contributed by atoms with Crippen molar-refractivity contribution < 1.29 is 23.5 Å². The highest BCUT2D eigenvalue weighted by Crippen LogP contribution is 2.17. The Morgan fingerprint density at radius 3 is 2.68 bits per heavy atom. The maximum atomic E-state index is 12.1. The van der Waals surface area contributed by atoms with E-state index in [0.29, 0.717) is 0 Å². The van der Waals surface area contributed by atoms with Crippen LogP contribution in [0.3, 0.4) is 0 Å². The summed E-state index contributed by atoms with van der Waals surface area (Å²) in [5.74, 6) is -1.69. The van der Waals surface area contributed by atoms with Crippen LogP contribution in [0, 0.1) is 11.3 Å². The lowest BCUT2D eigenvalue weighted by atomic mass is 10.1. The number of amides is 2. The molecule has 1 heterocycles. The van der Waals surface area contributed by atoms with Gasteiger partial charge in [0.1, 0.15) is 0 Å². The molecule has 1 aromatic heterocycles. The Hall–Kier alpha value is -3.60. The number of hydrogen-bond acceptors (Lipinski definition) is 6. The highest BCUT2D eigenvalue weighted by molar-refractivity contribution is 6.06. The molecule has 0 aliphatic rings. The summed E-state index contributed by atoms with van der Waals surface area (Å²) in [4.78, 5) is 35.6. The highest BCUT2D eigenvalue weighted by atomic mass is 16.5. The van der Waals surface area contributed by atoms with E-state index in [-0.39, 0.29) is 30.0 Å². The Kier molecular flexibility index (Phi) is 6.31. The van der Waals surface area contributed by atoms with Gasteiger partial charge in [0.05, 0.1) is 30.0 Å². The second-order valence-electron chi connectivity index (χ2n) is 4.81. The Balaban J connectivity index is 1.97. The molecule has 2 aromatic rings. The largest absolute Gasteiger partial charge is 0.459 e. The van der Waals surface area contributed by atoms with Gasteiger partial charge >= 0.3 is 5.97 Å². The van der Waals surface area contributed by atoms with Gasteiger partial charge < -0.3 is 19.8 Å². The molecule has 0 unspecified atom stereocenters. The second-order valence-corrected chi connectivity index (χ2v) is 4.81. The lowest BCUT2D eigenvalue weighted by Crippen LogP contribution is -2.29. The first-order valence-electron chi connectivity index (χ1n) is 7.36. The smallest absolute Gasteiger partial charge is 0.340 e. The average Bonchev–Trinajstić information content (AvgIpc) is 3.15. The topological polar surface area (TPSA) is 121 Å². The number of para-hydroxylation sites is 1. The monoisotopic (exact) mass is 341 g/mol. The maximum Gasteiger partial charge on any atom is 0.340 e. The van der Waals surface area contributed by atoms with E-state index < -0.39 is 24.4 Å². The van der Waals surface area contributed by atoms with Gasteiger partial charge in [-0.3, -0.25) is 9.59 Å². The minimum absolute atomic E-state index is 0.0973.